The number of nitrogens with one attached hydrogen (secondary N) is 1. The Morgan fingerprint density at radius 3 is 2.88 bits per heavy atom. The average Bonchev–Trinajstić information content (AvgIpc) is 2.67. The molecule has 1 aromatic heterocycles. The van der Waals surface area contributed by atoms with E-state index in [1.54, 1.807) is 0 Å². The van der Waals surface area contributed by atoms with E-state index in [0.717, 1.165) is 18.1 Å². The molecule has 1 heterocycles. The Hall–Kier alpha value is -1.62. The Labute approximate surface area is 98.7 Å². The van der Waals surface area contributed by atoms with Crippen molar-refractivity contribution >= 4 is 22.6 Å². The van der Waals surface area contributed by atoms with E-state index in [1.807, 2.05) is 0 Å². The predicted molar refractivity (Wildman–Crippen MR) is 67.7 cm³/mol. The predicted octanol–water partition coefficient (Wildman–Crippen LogP) is 2.08. The molecule has 0 amide bonds. The van der Waals surface area contributed by atoms with Crippen molar-refractivity contribution in [3.63, 3.8) is 0 Å². The molecule has 5 heteroatoms. The fraction of sp³-hybridized carbons (Fsp3) is 0.273. The summed E-state index contributed by atoms with van der Waals surface area (Å²) in [5, 5.41) is 3.99. The molecule has 0 radical (unpaired) electrons. The third-order valence-corrected chi connectivity index (χ3v) is 3.06. The topological polar surface area (TPSA) is 63.8 Å². The van der Waals surface area contributed by atoms with Gasteiger partial charge in [-0.15, -0.1) is 0 Å². The molecule has 0 saturated carbocycles. The van der Waals surface area contributed by atoms with Crippen molar-refractivity contribution < 1.29 is 0 Å². The summed E-state index contributed by atoms with van der Waals surface area (Å²) in [6.07, 6.45) is 0.978. The van der Waals surface area contributed by atoms with Crippen LogP contribution in [0.3, 0.4) is 0 Å². The normalized spacial score (nSPS) is 10.3. The van der Waals surface area contributed by atoms with Gasteiger partial charge in [-0.25, -0.2) is 0 Å². The van der Waals surface area contributed by atoms with Crippen molar-refractivity contribution in [3.8, 4) is 0 Å². The number of benzene rings is 1. The number of aryl methyl sites for hydroxylation is 1. The lowest BCUT2D eigenvalue weighted by molar-refractivity contribution is 1.00. The third kappa shape index (κ3) is 2.70. The van der Waals surface area contributed by atoms with E-state index in [-0.39, 0.29) is 0 Å². The molecule has 0 aliphatic heterocycles. The van der Waals surface area contributed by atoms with Gasteiger partial charge in [0.2, 0.25) is 11.1 Å². The summed E-state index contributed by atoms with van der Waals surface area (Å²) >= 11 is 1.29. The van der Waals surface area contributed by atoms with Crippen LogP contribution in [0, 0.1) is 6.92 Å². The number of nitrogen functional groups attached to an aromatic ring is 1. The summed E-state index contributed by atoms with van der Waals surface area (Å²) in [5.41, 5.74) is 8.11. The third-order valence-electron chi connectivity index (χ3n) is 2.37. The molecule has 4 nitrogen and oxygen atoms in total. The van der Waals surface area contributed by atoms with Crippen LogP contribution in [-0.4, -0.2) is 15.9 Å². The summed E-state index contributed by atoms with van der Waals surface area (Å²) in [7, 11) is 0. The SMILES string of the molecule is Cc1ccccc1CCNc1nc(N)ns1. The number of nitrogens with two attached hydrogens (primary N) is 1. The highest BCUT2D eigenvalue weighted by Crippen LogP contribution is 2.12. The molecule has 0 saturated heterocycles. The molecule has 0 aliphatic rings. The van der Waals surface area contributed by atoms with Gasteiger partial charge < -0.3 is 11.1 Å². The number of hydrogen-bond donors (Lipinski definition) is 2. The van der Waals surface area contributed by atoms with Crippen LogP contribution in [0.2, 0.25) is 0 Å². The van der Waals surface area contributed by atoms with E-state index in [4.69, 9.17) is 5.73 Å². The Balaban J connectivity index is 1.87. The van der Waals surface area contributed by atoms with Crippen LogP contribution < -0.4 is 11.1 Å². The molecule has 84 valence electrons. The van der Waals surface area contributed by atoms with Crippen LogP contribution >= 0.6 is 11.5 Å². The zero-order valence-electron chi connectivity index (χ0n) is 9.10. The second-order valence-corrected chi connectivity index (χ2v) is 4.31. The molecular weight excluding hydrogens is 220 g/mol. The summed E-state index contributed by atoms with van der Waals surface area (Å²) < 4.78 is 3.91. The maximum absolute atomic E-state index is 5.43. The van der Waals surface area contributed by atoms with E-state index in [2.05, 4.69) is 45.9 Å². The fourth-order valence-corrected chi connectivity index (χ4v) is 2.02. The van der Waals surface area contributed by atoms with Gasteiger partial charge in [0.25, 0.3) is 0 Å². The molecular formula is C11H14N4S. The molecule has 0 atom stereocenters. The second kappa shape index (κ2) is 4.94. The van der Waals surface area contributed by atoms with Gasteiger partial charge in [-0.05, 0) is 24.5 Å². The van der Waals surface area contributed by atoms with Gasteiger partial charge in [0, 0.05) is 18.1 Å². The molecule has 1 aromatic carbocycles. The van der Waals surface area contributed by atoms with Crippen molar-refractivity contribution in [2.45, 2.75) is 13.3 Å². The minimum absolute atomic E-state index is 0.336. The summed E-state index contributed by atoms with van der Waals surface area (Å²) in [5.74, 6) is 0.336. The maximum Gasteiger partial charge on any atom is 0.233 e. The standard InChI is InChI=1S/C11H14N4S/c1-8-4-2-3-5-9(8)6-7-13-11-14-10(12)15-16-11/h2-5H,6-7H2,1H3,(H3,12,13,14,15). The first-order valence-electron chi connectivity index (χ1n) is 5.13. The molecule has 0 bridgehead atoms. The molecule has 0 unspecified atom stereocenters. The highest BCUT2D eigenvalue weighted by Gasteiger charge is 2.00. The van der Waals surface area contributed by atoms with Crippen LogP contribution in [0.25, 0.3) is 0 Å². The maximum atomic E-state index is 5.43. The van der Waals surface area contributed by atoms with Gasteiger partial charge in [0.1, 0.15) is 0 Å². The Morgan fingerprint density at radius 1 is 1.38 bits per heavy atom. The number of hydrogen-bond acceptors (Lipinski definition) is 5. The van der Waals surface area contributed by atoms with E-state index in [1.165, 1.54) is 22.7 Å². The second-order valence-electron chi connectivity index (χ2n) is 3.56. The van der Waals surface area contributed by atoms with Gasteiger partial charge >= 0.3 is 0 Å². The molecule has 2 aromatic rings. The summed E-state index contributed by atoms with van der Waals surface area (Å²) in [6.45, 7) is 2.97. The molecule has 2 rings (SSSR count). The van der Waals surface area contributed by atoms with Crippen molar-refractivity contribution in [2.24, 2.45) is 0 Å². The highest BCUT2D eigenvalue weighted by molar-refractivity contribution is 7.09. The largest absolute Gasteiger partial charge is 0.367 e. The van der Waals surface area contributed by atoms with Crippen molar-refractivity contribution in [2.75, 3.05) is 17.6 Å². The first-order valence-corrected chi connectivity index (χ1v) is 5.90. The van der Waals surface area contributed by atoms with Crippen LogP contribution in [0.5, 0.6) is 0 Å². The zero-order chi connectivity index (χ0) is 11.4. The smallest absolute Gasteiger partial charge is 0.233 e. The van der Waals surface area contributed by atoms with Crippen LogP contribution in [-0.2, 0) is 6.42 Å². The lowest BCUT2D eigenvalue weighted by Gasteiger charge is -2.05. The van der Waals surface area contributed by atoms with Gasteiger partial charge in [-0.2, -0.15) is 9.36 Å². The Morgan fingerprint density at radius 2 is 2.19 bits per heavy atom. The minimum Gasteiger partial charge on any atom is -0.367 e. The number of anilines is 2. The van der Waals surface area contributed by atoms with E-state index >= 15 is 0 Å². The monoisotopic (exact) mass is 234 g/mol. The van der Waals surface area contributed by atoms with Crippen LogP contribution in [0.4, 0.5) is 11.1 Å². The molecule has 16 heavy (non-hydrogen) atoms. The van der Waals surface area contributed by atoms with Crippen LogP contribution in [0.1, 0.15) is 11.1 Å². The average molecular weight is 234 g/mol. The minimum atomic E-state index is 0.336. The van der Waals surface area contributed by atoms with Crippen molar-refractivity contribution in [3.05, 3.63) is 35.4 Å². The molecule has 0 spiro atoms. The van der Waals surface area contributed by atoms with Crippen LogP contribution in [0.15, 0.2) is 24.3 Å². The van der Waals surface area contributed by atoms with Gasteiger partial charge in [0.15, 0.2) is 0 Å². The lowest BCUT2D eigenvalue weighted by atomic mass is 10.1. The summed E-state index contributed by atoms with van der Waals surface area (Å²) in [6, 6.07) is 8.38. The van der Waals surface area contributed by atoms with Gasteiger partial charge in [-0.1, -0.05) is 24.3 Å². The first-order chi connectivity index (χ1) is 7.75. The zero-order valence-corrected chi connectivity index (χ0v) is 9.92. The molecule has 0 fully saturated rings. The fourth-order valence-electron chi connectivity index (χ4n) is 1.50. The number of nitrogens with zero attached hydrogens (tertiary/aromatic N) is 2. The molecule has 3 N–H and O–H groups in total. The molecule has 0 aliphatic carbocycles. The van der Waals surface area contributed by atoms with Crippen molar-refractivity contribution in [1.82, 2.24) is 9.36 Å². The van der Waals surface area contributed by atoms with Crippen molar-refractivity contribution in [1.29, 1.82) is 0 Å². The highest BCUT2D eigenvalue weighted by atomic mass is 32.1. The van der Waals surface area contributed by atoms with E-state index in [0.29, 0.717) is 5.95 Å². The van der Waals surface area contributed by atoms with Gasteiger partial charge in [-0.3, -0.25) is 0 Å². The first kappa shape index (κ1) is 10.9. The summed E-state index contributed by atoms with van der Waals surface area (Å²) in [4.78, 5) is 4.04. The lowest BCUT2D eigenvalue weighted by Crippen LogP contribution is -2.05. The Bertz CT molecular complexity index is 467. The quantitative estimate of drug-likeness (QED) is 0.850. The van der Waals surface area contributed by atoms with E-state index in [9.17, 15) is 0 Å². The van der Waals surface area contributed by atoms with Gasteiger partial charge in [0.05, 0.1) is 0 Å². The number of rotatable bonds is 4. The van der Waals surface area contributed by atoms with E-state index < -0.39 is 0 Å². The number of aromatic nitrogens is 2. The Kier molecular flexibility index (Phi) is 3.36.